The lowest BCUT2D eigenvalue weighted by molar-refractivity contribution is -0.108. The van der Waals surface area contributed by atoms with Gasteiger partial charge in [0.05, 0.1) is 12.3 Å². The van der Waals surface area contributed by atoms with Gasteiger partial charge in [0.25, 0.3) is 0 Å². The molecule has 0 unspecified atom stereocenters. The molecule has 8 nitrogen and oxygen atoms in total. The van der Waals surface area contributed by atoms with Crippen LogP contribution >= 0.6 is 11.6 Å². The molecule has 0 amide bonds. The molecule has 1 saturated heterocycles. The van der Waals surface area contributed by atoms with E-state index in [1.165, 1.54) is 31.2 Å². The number of anilines is 1. The third-order valence-electron chi connectivity index (χ3n) is 4.27. The topological polar surface area (TPSA) is 128 Å². The van der Waals surface area contributed by atoms with Crippen LogP contribution in [0.3, 0.4) is 0 Å². The Morgan fingerprint density at radius 1 is 1.38 bits per heavy atom. The van der Waals surface area contributed by atoms with Gasteiger partial charge in [0.1, 0.15) is 12.2 Å². The largest absolute Gasteiger partial charge is 0.387 e. The molecule has 26 heavy (non-hydrogen) atoms. The number of benzene rings is 1. The molecule has 2 aromatic rings. The van der Waals surface area contributed by atoms with Crippen LogP contribution in [0.2, 0.25) is 5.02 Å². The zero-order valence-electron chi connectivity index (χ0n) is 13.5. The summed E-state index contributed by atoms with van der Waals surface area (Å²) in [4.78, 5) is 28.7. The quantitative estimate of drug-likeness (QED) is 0.650. The van der Waals surface area contributed by atoms with Crippen LogP contribution in [-0.4, -0.2) is 43.9 Å². The van der Waals surface area contributed by atoms with E-state index < -0.39 is 47.1 Å². The molecule has 10 heteroatoms. The number of ketones is 1. The zero-order valence-corrected chi connectivity index (χ0v) is 14.2. The molecule has 1 aliphatic rings. The maximum Gasteiger partial charge on any atom is 0.352 e. The number of aromatic nitrogens is 2. The van der Waals surface area contributed by atoms with Gasteiger partial charge in [-0.3, -0.25) is 9.36 Å². The number of ether oxygens (including phenoxy) is 1. The second-order valence-electron chi connectivity index (χ2n) is 5.92. The number of rotatable bonds is 3. The first-order valence-corrected chi connectivity index (χ1v) is 7.95. The van der Waals surface area contributed by atoms with E-state index in [9.17, 15) is 24.2 Å². The number of carbonyl (C=O) groups excluding carboxylic acids is 1. The summed E-state index contributed by atoms with van der Waals surface area (Å²) in [6, 6.07) is 5.55. The normalized spacial score (nSPS) is 28.3. The molecule has 0 bridgehead atoms. The van der Waals surface area contributed by atoms with E-state index in [1.54, 1.807) is 0 Å². The monoisotopic (exact) mass is 383 g/mol. The van der Waals surface area contributed by atoms with Gasteiger partial charge in [-0.1, -0.05) is 11.6 Å². The van der Waals surface area contributed by atoms with Crippen molar-refractivity contribution in [3.05, 3.63) is 57.3 Å². The molecule has 2 heterocycles. The second-order valence-corrected chi connectivity index (χ2v) is 6.35. The average molecular weight is 384 g/mol. The van der Waals surface area contributed by atoms with Gasteiger partial charge in [0.2, 0.25) is 11.5 Å². The highest BCUT2D eigenvalue weighted by Gasteiger charge is 2.60. The predicted molar refractivity (Wildman–Crippen MR) is 89.2 cm³/mol. The Labute approximate surface area is 151 Å². The Bertz CT molecular complexity index is 919. The van der Waals surface area contributed by atoms with E-state index >= 15 is 0 Å². The highest BCUT2D eigenvalue weighted by molar-refractivity contribution is 6.30. The van der Waals surface area contributed by atoms with Crippen LogP contribution in [0.4, 0.5) is 10.2 Å². The third kappa shape index (κ3) is 2.69. The highest BCUT2D eigenvalue weighted by atomic mass is 35.5. The minimum Gasteiger partial charge on any atom is -0.387 e. The molecule has 0 saturated carbocycles. The fourth-order valence-corrected chi connectivity index (χ4v) is 3.02. The lowest BCUT2D eigenvalue weighted by atomic mass is 9.93. The van der Waals surface area contributed by atoms with Gasteiger partial charge in [-0.2, -0.15) is 4.98 Å². The van der Waals surface area contributed by atoms with Crippen molar-refractivity contribution in [3.8, 4) is 0 Å². The van der Waals surface area contributed by atoms with Crippen molar-refractivity contribution in [2.24, 2.45) is 0 Å². The summed E-state index contributed by atoms with van der Waals surface area (Å²) in [6.07, 6.45) is -3.76. The van der Waals surface area contributed by atoms with Gasteiger partial charge in [-0.25, -0.2) is 9.18 Å². The molecule has 3 rings (SSSR count). The predicted octanol–water partition coefficient (Wildman–Crippen LogP) is 0.294. The zero-order chi connectivity index (χ0) is 19.2. The molecule has 1 aromatic heterocycles. The molecule has 4 N–H and O–H groups in total. The summed E-state index contributed by atoms with van der Waals surface area (Å²) in [6.45, 7) is 1.40. The maximum absolute atomic E-state index is 13.9. The van der Waals surface area contributed by atoms with E-state index in [1.807, 2.05) is 0 Å². The van der Waals surface area contributed by atoms with Crippen molar-refractivity contribution in [2.45, 2.75) is 31.0 Å². The van der Waals surface area contributed by atoms with Crippen LogP contribution in [-0.2, 0) is 10.5 Å². The lowest BCUT2D eigenvalue weighted by Crippen LogP contribution is -2.56. The number of hydrogen-bond acceptors (Lipinski definition) is 7. The van der Waals surface area contributed by atoms with Crippen molar-refractivity contribution in [1.29, 1.82) is 0 Å². The number of Topliss-reactive ketones (excluding diaryl/α,β-unsaturated/α-hetero) is 1. The van der Waals surface area contributed by atoms with E-state index in [2.05, 4.69) is 4.98 Å². The van der Waals surface area contributed by atoms with Gasteiger partial charge in [-0.05, 0) is 31.2 Å². The molecule has 0 aliphatic carbocycles. The van der Waals surface area contributed by atoms with Gasteiger partial charge < -0.3 is 20.7 Å². The number of hydrogen-bond donors (Lipinski definition) is 3. The molecule has 1 fully saturated rings. The van der Waals surface area contributed by atoms with Crippen molar-refractivity contribution in [3.63, 3.8) is 0 Å². The summed E-state index contributed by atoms with van der Waals surface area (Å²) < 4.78 is 20.0. The van der Waals surface area contributed by atoms with E-state index in [4.69, 9.17) is 22.1 Å². The Hall–Kier alpha value is -2.33. The number of nitrogen functional groups attached to an aromatic ring is 1. The van der Waals surface area contributed by atoms with Crippen LogP contribution in [0.1, 0.15) is 17.3 Å². The van der Waals surface area contributed by atoms with E-state index in [-0.39, 0.29) is 5.56 Å². The first-order chi connectivity index (χ1) is 12.2. The SMILES string of the molecule is C[C@H]1O[C@@](C(=O)c2ccc(Cl)cc2)(n2cc(F)c(N)nc2=O)[C@H](O)[C@@H]1O. The van der Waals surface area contributed by atoms with E-state index in [0.717, 1.165) is 0 Å². The number of aliphatic hydroxyl groups is 2. The molecule has 1 aromatic carbocycles. The number of nitrogens with zero attached hydrogens (tertiary/aromatic N) is 2. The van der Waals surface area contributed by atoms with Crippen molar-refractivity contribution < 1.29 is 24.1 Å². The van der Waals surface area contributed by atoms with E-state index in [0.29, 0.717) is 15.8 Å². The molecule has 0 radical (unpaired) electrons. The molecular weight excluding hydrogens is 369 g/mol. The van der Waals surface area contributed by atoms with Crippen LogP contribution in [0.25, 0.3) is 0 Å². The van der Waals surface area contributed by atoms with Crippen LogP contribution in [0.5, 0.6) is 0 Å². The average Bonchev–Trinajstić information content (AvgIpc) is 2.83. The summed E-state index contributed by atoms with van der Waals surface area (Å²) >= 11 is 5.81. The standard InChI is InChI=1S/C16H15ClFN3O5/c1-7-11(22)13(24)16(26-7,12(23)8-2-4-9(17)5-3-8)21-6-10(18)14(19)20-15(21)25/h2-7,11,13,22,24H,1H3,(H2,19,20,25)/t7-,11-,13-,16-/m1/s1. The van der Waals surface area contributed by atoms with Gasteiger partial charge >= 0.3 is 5.69 Å². The Morgan fingerprint density at radius 3 is 2.54 bits per heavy atom. The smallest absolute Gasteiger partial charge is 0.352 e. The number of carbonyl (C=O) groups is 1. The number of nitrogens with two attached hydrogens (primary N) is 1. The summed E-state index contributed by atoms with van der Waals surface area (Å²) in [5.74, 6) is -2.63. The first-order valence-electron chi connectivity index (χ1n) is 7.58. The fourth-order valence-electron chi connectivity index (χ4n) is 2.90. The second kappa shape index (κ2) is 6.44. The minimum absolute atomic E-state index is 0.0267. The Balaban J connectivity index is 2.25. The molecular formula is C16H15ClFN3O5. The Morgan fingerprint density at radius 2 is 2.00 bits per heavy atom. The molecule has 138 valence electrons. The highest BCUT2D eigenvalue weighted by Crippen LogP contribution is 2.38. The number of halogens is 2. The molecule has 1 aliphatic heterocycles. The number of aliphatic hydroxyl groups excluding tert-OH is 2. The van der Waals surface area contributed by atoms with Gasteiger partial charge in [-0.15, -0.1) is 0 Å². The summed E-state index contributed by atoms with van der Waals surface area (Å²) in [5, 5.41) is 21.0. The molecule has 0 spiro atoms. The minimum atomic E-state index is -2.41. The van der Waals surface area contributed by atoms with Crippen LogP contribution in [0, 0.1) is 5.82 Å². The lowest BCUT2D eigenvalue weighted by Gasteiger charge is -2.32. The Kier molecular flexibility index (Phi) is 4.57. The van der Waals surface area contributed by atoms with Crippen molar-refractivity contribution in [2.75, 3.05) is 5.73 Å². The van der Waals surface area contributed by atoms with Gasteiger partial charge in [0, 0.05) is 10.6 Å². The van der Waals surface area contributed by atoms with Crippen molar-refractivity contribution >= 4 is 23.2 Å². The van der Waals surface area contributed by atoms with Gasteiger partial charge in [0.15, 0.2) is 11.6 Å². The van der Waals surface area contributed by atoms with Crippen LogP contribution in [0.15, 0.2) is 35.3 Å². The fraction of sp³-hybridized carbons (Fsp3) is 0.312. The summed E-state index contributed by atoms with van der Waals surface area (Å²) in [5.41, 5.74) is 1.77. The molecule has 4 atom stereocenters. The summed E-state index contributed by atoms with van der Waals surface area (Å²) in [7, 11) is 0. The first kappa shape index (κ1) is 18.5. The van der Waals surface area contributed by atoms with Crippen molar-refractivity contribution in [1.82, 2.24) is 9.55 Å². The third-order valence-corrected chi connectivity index (χ3v) is 4.52. The maximum atomic E-state index is 13.9. The van der Waals surface area contributed by atoms with Crippen LogP contribution < -0.4 is 11.4 Å².